The van der Waals surface area contributed by atoms with Crippen molar-refractivity contribution in [3.8, 4) is 17.0 Å². The van der Waals surface area contributed by atoms with Crippen molar-refractivity contribution < 1.29 is 4.74 Å². The van der Waals surface area contributed by atoms with Crippen molar-refractivity contribution in [2.45, 2.75) is 38.6 Å². The summed E-state index contributed by atoms with van der Waals surface area (Å²) in [5, 5.41) is 4.55. The summed E-state index contributed by atoms with van der Waals surface area (Å²) in [6, 6.07) is 9.61. The molecule has 1 saturated carbocycles. The zero-order valence-corrected chi connectivity index (χ0v) is 14.5. The van der Waals surface area contributed by atoms with E-state index in [1.807, 2.05) is 47.3 Å². The number of hydrogen-bond acceptors (Lipinski definition) is 3. The van der Waals surface area contributed by atoms with Crippen molar-refractivity contribution >= 4 is 5.52 Å². The van der Waals surface area contributed by atoms with E-state index in [2.05, 4.69) is 5.10 Å². The highest BCUT2D eigenvalue weighted by Gasteiger charge is 2.16. The van der Waals surface area contributed by atoms with E-state index in [0.29, 0.717) is 11.4 Å². The molecule has 1 fully saturated rings. The van der Waals surface area contributed by atoms with Crippen LogP contribution in [0.4, 0.5) is 0 Å². The minimum absolute atomic E-state index is 0.0368. The number of ether oxygens (including phenoxy) is 1. The monoisotopic (exact) mass is 337 g/mol. The number of hydrogen-bond donors (Lipinski definition) is 0. The van der Waals surface area contributed by atoms with Gasteiger partial charge in [-0.1, -0.05) is 31.4 Å². The molecule has 2 aromatic heterocycles. The second kappa shape index (κ2) is 6.75. The van der Waals surface area contributed by atoms with Gasteiger partial charge in [-0.25, -0.2) is 4.52 Å². The molecular weight excluding hydrogens is 314 g/mol. The molecule has 5 heteroatoms. The summed E-state index contributed by atoms with van der Waals surface area (Å²) in [5.74, 6) is 1.40. The predicted molar refractivity (Wildman–Crippen MR) is 98.0 cm³/mol. The molecule has 0 spiro atoms. The standard InChI is InChI=1S/C20H23N3O2/c1-25-17-9-5-8-16(12-17)18-13-19-20(24)22(10-11-23(19)21-18)14-15-6-3-2-4-7-15/h5,8-13,15H,2-4,6-7,14H2,1H3. The van der Waals surface area contributed by atoms with E-state index in [1.165, 1.54) is 32.1 Å². The second-order valence-corrected chi connectivity index (χ2v) is 6.85. The molecule has 5 nitrogen and oxygen atoms in total. The number of nitrogens with zero attached hydrogens (tertiary/aromatic N) is 3. The molecule has 1 aliphatic rings. The third kappa shape index (κ3) is 3.18. The topological polar surface area (TPSA) is 48.5 Å². The van der Waals surface area contributed by atoms with Gasteiger partial charge in [0.15, 0.2) is 0 Å². The molecule has 25 heavy (non-hydrogen) atoms. The van der Waals surface area contributed by atoms with Crippen LogP contribution in [0.1, 0.15) is 32.1 Å². The van der Waals surface area contributed by atoms with E-state index in [4.69, 9.17) is 4.74 Å². The quantitative estimate of drug-likeness (QED) is 0.728. The summed E-state index contributed by atoms with van der Waals surface area (Å²) in [6.07, 6.45) is 10.1. The number of fused-ring (bicyclic) bond motifs is 1. The summed E-state index contributed by atoms with van der Waals surface area (Å²) < 4.78 is 8.80. The third-order valence-electron chi connectivity index (χ3n) is 5.15. The molecule has 130 valence electrons. The van der Waals surface area contributed by atoms with Crippen LogP contribution in [0.2, 0.25) is 0 Å². The Hall–Kier alpha value is -2.56. The highest BCUT2D eigenvalue weighted by molar-refractivity contribution is 5.66. The molecule has 0 atom stereocenters. The van der Waals surface area contributed by atoms with Crippen molar-refractivity contribution in [3.05, 3.63) is 53.1 Å². The molecule has 0 N–H and O–H groups in total. The largest absolute Gasteiger partial charge is 0.497 e. The minimum atomic E-state index is 0.0368. The number of benzene rings is 1. The maximum atomic E-state index is 12.8. The molecule has 4 rings (SSSR count). The molecule has 1 aliphatic carbocycles. The van der Waals surface area contributed by atoms with Gasteiger partial charge in [-0.05, 0) is 37.0 Å². The molecular formula is C20H23N3O2. The Morgan fingerprint density at radius 2 is 2.00 bits per heavy atom. The second-order valence-electron chi connectivity index (χ2n) is 6.85. The van der Waals surface area contributed by atoms with Crippen LogP contribution in [0.5, 0.6) is 5.75 Å². The highest BCUT2D eigenvalue weighted by atomic mass is 16.5. The van der Waals surface area contributed by atoms with Crippen molar-refractivity contribution in [2.75, 3.05) is 7.11 Å². The Morgan fingerprint density at radius 3 is 2.80 bits per heavy atom. The van der Waals surface area contributed by atoms with Crippen LogP contribution >= 0.6 is 0 Å². The number of aromatic nitrogens is 3. The lowest BCUT2D eigenvalue weighted by molar-refractivity contribution is 0.316. The molecule has 2 heterocycles. The van der Waals surface area contributed by atoms with E-state index in [0.717, 1.165) is 23.6 Å². The summed E-state index contributed by atoms with van der Waals surface area (Å²) >= 11 is 0. The average molecular weight is 337 g/mol. The average Bonchev–Trinajstić information content (AvgIpc) is 3.10. The van der Waals surface area contributed by atoms with Gasteiger partial charge in [0.2, 0.25) is 0 Å². The maximum Gasteiger partial charge on any atom is 0.276 e. The smallest absolute Gasteiger partial charge is 0.276 e. The highest BCUT2D eigenvalue weighted by Crippen LogP contribution is 2.25. The molecule has 3 aromatic rings. The molecule has 0 amide bonds. The molecule has 0 radical (unpaired) electrons. The fourth-order valence-electron chi connectivity index (χ4n) is 3.74. The third-order valence-corrected chi connectivity index (χ3v) is 5.15. The van der Waals surface area contributed by atoms with E-state index in [1.54, 1.807) is 11.6 Å². The van der Waals surface area contributed by atoms with Crippen LogP contribution < -0.4 is 10.3 Å². The molecule has 0 saturated heterocycles. The van der Waals surface area contributed by atoms with Gasteiger partial charge in [-0.3, -0.25) is 4.79 Å². The van der Waals surface area contributed by atoms with Gasteiger partial charge >= 0.3 is 0 Å². The number of methoxy groups -OCH3 is 1. The van der Waals surface area contributed by atoms with Gasteiger partial charge in [-0.2, -0.15) is 5.10 Å². The molecule has 0 bridgehead atoms. The molecule has 0 aliphatic heterocycles. The summed E-state index contributed by atoms with van der Waals surface area (Å²) in [5.41, 5.74) is 2.39. The Balaban J connectivity index is 1.68. The zero-order chi connectivity index (χ0) is 17.2. The van der Waals surface area contributed by atoms with Gasteiger partial charge in [0.1, 0.15) is 11.3 Å². The Morgan fingerprint density at radius 1 is 1.16 bits per heavy atom. The Bertz CT molecular complexity index is 936. The van der Waals surface area contributed by atoms with Crippen LogP contribution in [0.3, 0.4) is 0 Å². The Labute approximate surface area is 146 Å². The molecule has 0 unspecified atom stereocenters. The van der Waals surface area contributed by atoms with Crippen LogP contribution in [0, 0.1) is 5.92 Å². The van der Waals surface area contributed by atoms with Gasteiger partial charge in [0.25, 0.3) is 5.56 Å². The lowest BCUT2D eigenvalue weighted by Crippen LogP contribution is -2.25. The number of rotatable bonds is 4. The lowest BCUT2D eigenvalue weighted by Gasteiger charge is -2.22. The van der Waals surface area contributed by atoms with Crippen molar-refractivity contribution in [3.63, 3.8) is 0 Å². The van der Waals surface area contributed by atoms with Crippen LogP contribution in [0.15, 0.2) is 47.5 Å². The summed E-state index contributed by atoms with van der Waals surface area (Å²) in [4.78, 5) is 12.8. The van der Waals surface area contributed by atoms with Gasteiger partial charge < -0.3 is 9.30 Å². The summed E-state index contributed by atoms with van der Waals surface area (Å²) in [6.45, 7) is 0.814. The van der Waals surface area contributed by atoms with Crippen LogP contribution in [0.25, 0.3) is 16.8 Å². The first-order chi connectivity index (χ1) is 12.2. The van der Waals surface area contributed by atoms with E-state index in [9.17, 15) is 4.79 Å². The fraction of sp³-hybridized carbons (Fsp3) is 0.400. The van der Waals surface area contributed by atoms with Crippen LogP contribution in [-0.4, -0.2) is 21.3 Å². The molecule has 1 aromatic carbocycles. The normalized spacial score (nSPS) is 15.6. The van der Waals surface area contributed by atoms with E-state index >= 15 is 0 Å². The zero-order valence-electron chi connectivity index (χ0n) is 14.5. The summed E-state index contributed by atoms with van der Waals surface area (Å²) in [7, 11) is 1.65. The first kappa shape index (κ1) is 15.9. The van der Waals surface area contributed by atoms with Crippen LogP contribution in [-0.2, 0) is 6.54 Å². The first-order valence-electron chi connectivity index (χ1n) is 8.98. The van der Waals surface area contributed by atoms with Gasteiger partial charge in [-0.15, -0.1) is 0 Å². The predicted octanol–water partition coefficient (Wildman–Crippen LogP) is 3.75. The van der Waals surface area contributed by atoms with Crippen molar-refractivity contribution in [1.82, 2.24) is 14.2 Å². The maximum absolute atomic E-state index is 12.8. The van der Waals surface area contributed by atoms with Crippen molar-refractivity contribution in [1.29, 1.82) is 0 Å². The fourth-order valence-corrected chi connectivity index (χ4v) is 3.74. The first-order valence-corrected chi connectivity index (χ1v) is 8.98. The van der Waals surface area contributed by atoms with Gasteiger partial charge in [0.05, 0.1) is 12.8 Å². The SMILES string of the molecule is COc1cccc(-c2cc3c(=O)n(CC4CCCCC4)ccn3n2)c1. The van der Waals surface area contributed by atoms with E-state index < -0.39 is 0 Å². The lowest BCUT2D eigenvalue weighted by atomic mass is 9.89. The minimum Gasteiger partial charge on any atom is -0.497 e. The van der Waals surface area contributed by atoms with Crippen molar-refractivity contribution in [2.24, 2.45) is 5.92 Å². The Kier molecular flexibility index (Phi) is 4.30. The van der Waals surface area contributed by atoms with Gasteiger partial charge in [0, 0.05) is 24.5 Å². The van der Waals surface area contributed by atoms with E-state index in [-0.39, 0.29) is 5.56 Å².